The molecule has 7 heteroatoms. The van der Waals surface area contributed by atoms with E-state index in [2.05, 4.69) is 28.1 Å². The van der Waals surface area contributed by atoms with Crippen LogP contribution in [-0.2, 0) is 11.2 Å². The number of urea groups is 1. The maximum Gasteiger partial charge on any atom is 0.321 e. The van der Waals surface area contributed by atoms with Crippen molar-refractivity contribution in [2.24, 2.45) is 0 Å². The molecule has 6 nitrogen and oxygen atoms in total. The van der Waals surface area contributed by atoms with E-state index in [0.717, 1.165) is 63.2 Å². The topological polar surface area (TPSA) is 73.5 Å². The number of anilines is 2. The van der Waals surface area contributed by atoms with E-state index < -0.39 is 0 Å². The number of rotatable bonds is 8. The van der Waals surface area contributed by atoms with E-state index in [1.165, 1.54) is 5.56 Å². The summed E-state index contributed by atoms with van der Waals surface area (Å²) in [6.45, 7) is 3.18. The summed E-state index contributed by atoms with van der Waals surface area (Å²) in [6, 6.07) is 17.6. The van der Waals surface area contributed by atoms with Crippen molar-refractivity contribution in [2.75, 3.05) is 36.8 Å². The molecule has 1 saturated heterocycles. The smallest absolute Gasteiger partial charge is 0.321 e. The van der Waals surface area contributed by atoms with Gasteiger partial charge in [0, 0.05) is 44.0 Å². The van der Waals surface area contributed by atoms with E-state index in [9.17, 15) is 9.59 Å². The van der Waals surface area contributed by atoms with Gasteiger partial charge in [-0.1, -0.05) is 36.8 Å². The highest BCUT2D eigenvalue weighted by molar-refractivity contribution is 5.90. The maximum absolute atomic E-state index is 12.2. The molecule has 0 unspecified atom stereocenters. The van der Waals surface area contributed by atoms with Crippen LogP contribution in [0, 0.1) is 0 Å². The maximum atomic E-state index is 12.2. The van der Waals surface area contributed by atoms with Gasteiger partial charge in [0.05, 0.1) is 0 Å². The second kappa shape index (κ2) is 12.9. The van der Waals surface area contributed by atoms with Crippen LogP contribution in [0.15, 0.2) is 54.6 Å². The Morgan fingerprint density at radius 2 is 1.50 bits per heavy atom. The minimum absolute atomic E-state index is 0. The Morgan fingerprint density at radius 3 is 2.20 bits per heavy atom. The van der Waals surface area contributed by atoms with Gasteiger partial charge >= 0.3 is 6.03 Å². The Kier molecular flexibility index (Phi) is 10.2. The van der Waals surface area contributed by atoms with E-state index in [1.54, 1.807) is 0 Å². The van der Waals surface area contributed by atoms with Crippen LogP contribution in [0.1, 0.15) is 31.2 Å². The summed E-state index contributed by atoms with van der Waals surface area (Å²) in [7, 11) is 0. The lowest BCUT2D eigenvalue weighted by atomic mass is 10.1. The van der Waals surface area contributed by atoms with Gasteiger partial charge in [0.25, 0.3) is 0 Å². The van der Waals surface area contributed by atoms with Crippen LogP contribution in [0.2, 0.25) is 0 Å². The predicted octanol–water partition coefficient (Wildman–Crippen LogP) is 4.29. The second-order valence-electron chi connectivity index (χ2n) is 7.34. The lowest BCUT2D eigenvalue weighted by molar-refractivity contribution is -0.116. The molecule has 0 spiro atoms. The van der Waals surface area contributed by atoms with E-state index in [0.29, 0.717) is 6.42 Å². The average molecular weight is 431 g/mol. The van der Waals surface area contributed by atoms with Gasteiger partial charge in [0.2, 0.25) is 5.91 Å². The summed E-state index contributed by atoms with van der Waals surface area (Å²) in [4.78, 5) is 26.0. The fraction of sp³-hybridized carbons (Fsp3) is 0.391. The van der Waals surface area contributed by atoms with E-state index in [4.69, 9.17) is 0 Å². The van der Waals surface area contributed by atoms with Crippen molar-refractivity contribution < 1.29 is 9.59 Å². The molecule has 0 saturated carbocycles. The fourth-order valence-corrected chi connectivity index (χ4v) is 3.36. The molecule has 3 N–H and O–H groups in total. The van der Waals surface area contributed by atoms with E-state index in [1.807, 2.05) is 47.4 Å². The average Bonchev–Trinajstić information content (AvgIpc) is 2.76. The molecule has 1 aliphatic rings. The number of carbonyl (C=O) groups excluding carboxylic acids is 2. The van der Waals surface area contributed by atoms with Gasteiger partial charge < -0.3 is 20.9 Å². The largest absolute Gasteiger partial charge is 0.326 e. The molecule has 162 valence electrons. The Hall–Kier alpha value is -2.57. The number of benzene rings is 2. The molecule has 30 heavy (non-hydrogen) atoms. The van der Waals surface area contributed by atoms with Crippen LogP contribution in [0.4, 0.5) is 16.2 Å². The summed E-state index contributed by atoms with van der Waals surface area (Å²) in [5.74, 6) is 0.0702. The van der Waals surface area contributed by atoms with Crippen molar-refractivity contribution >= 4 is 35.7 Å². The van der Waals surface area contributed by atoms with Crippen molar-refractivity contribution in [1.29, 1.82) is 0 Å². The Balaban J connectivity index is 0.00000320. The van der Waals surface area contributed by atoms with Crippen molar-refractivity contribution in [3.8, 4) is 0 Å². The Bertz CT molecular complexity index is 778. The van der Waals surface area contributed by atoms with Crippen LogP contribution in [0.3, 0.4) is 0 Å². The van der Waals surface area contributed by atoms with Gasteiger partial charge in [-0.2, -0.15) is 0 Å². The molecule has 2 aromatic carbocycles. The zero-order valence-electron chi connectivity index (χ0n) is 17.2. The van der Waals surface area contributed by atoms with Crippen molar-refractivity contribution in [3.63, 3.8) is 0 Å². The summed E-state index contributed by atoms with van der Waals surface area (Å²) in [5.41, 5.74) is 2.93. The molecule has 0 aromatic heterocycles. The molecule has 0 aliphatic carbocycles. The summed E-state index contributed by atoms with van der Waals surface area (Å²) in [5, 5.41) is 9.12. The quantitative estimate of drug-likeness (QED) is 0.547. The molecule has 1 fully saturated rings. The van der Waals surface area contributed by atoms with E-state index >= 15 is 0 Å². The highest BCUT2D eigenvalue weighted by Gasteiger charge is 2.15. The van der Waals surface area contributed by atoms with Crippen LogP contribution in [-0.4, -0.2) is 43.0 Å². The third-order valence-corrected chi connectivity index (χ3v) is 5.04. The van der Waals surface area contributed by atoms with Gasteiger partial charge in [0.15, 0.2) is 0 Å². The number of piperazine rings is 1. The first kappa shape index (κ1) is 23.7. The van der Waals surface area contributed by atoms with Gasteiger partial charge in [-0.15, -0.1) is 12.4 Å². The number of hydrogen-bond donors (Lipinski definition) is 3. The molecule has 3 amide bonds. The number of halogens is 1. The molecule has 0 radical (unpaired) electrons. The first-order chi connectivity index (χ1) is 14.2. The van der Waals surface area contributed by atoms with Gasteiger partial charge in [-0.25, -0.2) is 4.79 Å². The molecule has 1 heterocycles. The number of carbonyl (C=O) groups is 2. The third-order valence-electron chi connectivity index (χ3n) is 5.04. The van der Waals surface area contributed by atoms with Crippen LogP contribution in [0.25, 0.3) is 0 Å². The molecule has 0 atom stereocenters. The summed E-state index contributed by atoms with van der Waals surface area (Å²) in [6.07, 6.45) is 4.48. The number of unbranched alkanes of at least 4 members (excludes halogenated alkanes) is 2. The molecular weight excluding hydrogens is 400 g/mol. The zero-order valence-corrected chi connectivity index (χ0v) is 18.0. The highest BCUT2D eigenvalue weighted by Crippen LogP contribution is 2.14. The number of nitrogens with one attached hydrogen (secondary N) is 3. The second-order valence-corrected chi connectivity index (χ2v) is 7.34. The summed E-state index contributed by atoms with van der Waals surface area (Å²) >= 11 is 0. The molecular formula is C23H31ClN4O2. The first-order valence-electron chi connectivity index (χ1n) is 10.4. The monoisotopic (exact) mass is 430 g/mol. The lowest BCUT2D eigenvalue weighted by Gasteiger charge is -2.27. The Morgan fingerprint density at radius 1 is 0.833 bits per heavy atom. The standard InChI is InChI=1S/C23H30N4O2.ClH/c28-22(25-20-8-4-2-5-9-20)10-6-1-3-7-19-11-13-21(14-12-19)26-23(29)27-17-15-24-16-18-27;/h2,4-5,8-9,11-14,24H,1,3,6-7,10,15-18H2,(H,25,28)(H,26,29);1H. The lowest BCUT2D eigenvalue weighted by Crippen LogP contribution is -2.48. The number of nitrogens with zero attached hydrogens (tertiary/aromatic N) is 1. The minimum atomic E-state index is -0.0342. The number of amides is 3. The minimum Gasteiger partial charge on any atom is -0.326 e. The van der Waals surface area contributed by atoms with Crippen LogP contribution >= 0.6 is 12.4 Å². The molecule has 1 aliphatic heterocycles. The Labute approximate surface area is 184 Å². The van der Waals surface area contributed by atoms with Gasteiger partial charge in [0.1, 0.15) is 0 Å². The zero-order chi connectivity index (χ0) is 20.3. The SMILES string of the molecule is Cl.O=C(CCCCCc1ccc(NC(=O)N2CCNCC2)cc1)Nc1ccccc1. The highest BCUT2D eigenvalue weighted by atomic mass is 35.5. The molecule has 2 aromatic rings. The molecule has 3 rings (SSSR count). The number of aryl methyl sites for hydroxylation is 1. The number of para-hydroxylation sites is 1. The van der Waals surface area contributed by atoms with Crippen LogP contribution < -0.4 is 16.0 Å². The molecule has 0 bridgehead atoms. The summed E-state index contributed by atoms with van der Waals surface area (Å²) < 4.78 is 0. The first-order valence-corrected chi connectivity index (χ1v) is 10.4. The van der Waals surface area contributed by atoms with E-state index in [-0.39, 0.29) is 24.3 Å². The third kappa shape index (κ3) is 8.05. The van der Waals surface area contributed by atoms with Crippen molar-refractivity contribution in [2.45, 2.75) is 32.1 Å². The van der Waals surface area contributed by atoms with Crippen molar-refractivity contribution in [1.82, 2.24) is 10.2 Å². The normalized spacial score (nSPS) is 13.3. The van der Waals surface area contributed by atoms with Crippen molar-refractivity contribution in [3.05, 3.63) is 60.2 Å². The van der Waals surface area contributed by atoms with Crippen LogP contribution in [0.5, 0.6) is 0 Å². The predicted molar refractivity (Wildman–Crippen MR) is 124 cm³/mol. The van der Waals surface area contributed by atoms with Gasteiger partial charge in [-0.3, -0.25) is 4.79 Å². The van der Waals surface area contributed by atoms with Gasteiger partial charge in [-0.05, 0) is 49.1 Å². The fourth-order valence-electron chi connectivity index (χ4n) is 3.36. The number of hydrogen-bond acceptors (Lipinski definition) is 3.